The third-order valence-electron chi connectivity index (χ3n) is 1.46. The lowest BCUT2D eigenvalue weighted by Crippen LogP contribution is -2.10. The fourth-order valence-electron chi connectivity index (χ4n) is 0.834. The molecule has 11 heavy (non-hydrogen) atoms. The first kappa shape index (κ1) is 10.4. The van der Waals surface area contributed by atoms with Crippen LogP contribution in [0.15, 0.2) is 12.2 Å². The van der Waals surface area contributed by atoms with Crippen LogP contribution in [0.3, 0.4) is 0 Å². The van der Waals surface area contributed by atoms with Gasteiger partial charge in [-0.15, -0.1) is 0 Å². The first-order valence-electron chi connectivity index (χ1n) is 3.75. The van der Waals surface area contributed by atoms with Crippen LogP contribution in [0.25, 0.3) is 0 Å². The van der Waals surface area contributed by atoms with E-state index in [1.54, 1.807) is 14.0 Å². The van der Waals surface area contributed by atoms with Crippen LogP contribution in [0.4, 0.5) is 0 Å². The summed E-state index contributed by atoms with van der Waals surface area (Å²) < 4.78 is 4.90. The number of carbonyl (C=O) groups excluding carboxylic acids is 1. The molecule has 0 aliphatic rings. The minimum atomic E-state index is 0.134. The fourth-order valence-corrected chi connectivity index (χ4v) is 0.834. The van der Waals surface area contributed by atoms with Crippen molar-refractivity contribution in [2.24, 2.45) is 5.92 Å². The zero-order valence-electron chi connectivity index (χ0n) is 7.52. The maximum Gasteiger partial charge on any atom is 0.158 e. The van der Waals surface area contributed by atoms with Crippen molar-refractivity contribution in [2.75, 3.05) is 13.7 Å². The predicted octanol–water partition coefficient (Wildman–Crippen LogP) is 1.80. The third-order valence-corrected chi connectivity index (χ3v) is 1.46. The van der Waals surface area contributed by atoms with Crippen molar-refractivity contribution in [3.8, 4) is 0 Å². The Bertz CT molecular complexity index is 150. The van der Waals surface area contributed by atoms with Crippen molar-refractivity contribution in [3.63, 3.8) is 0 Å². The van der Waals surface area contributed by atoms with Gasteiger partial charge in [-0.05, 0) is 18.4 Å². The number of hydrogen-bond donors (Lipinski definition) is 0. The lowest BCUT2D eigenvalue weighted by atomic mass is 10.0. The Morgan fingerprint density at radius 1 is 1.64 bits per heavy atom. The molecule has 0 saturated carbocycles. The highest BCUT2D eigenvalue weighted by atomic mass is 16.5. The lowest BCUT2D eigenvalue weighted by Gasteiger charge is -2.07. The molecule has 1 atom stereocenters. The Labute approximate surface area is 68.2 Å². The second-order valence-corrected chi connectivity index (χ2v) is 2.97. The Morgan fingerprint density at radius 3 is 2.55 bits per heavy atom. The van der Waals surface area contributed by atoms with Gasteiger partial charge in [-0.2, -0.15) is 0 Å². The van der Waals surface area contributed by atoms with Gasteiger partial charge in [0.1, 0.15) is 0 Å². The first-order valence-corrected chi connectivity index (χ1v) is 3.75. The van der Waals surface area contributed by atoms with Crippen LogP contribution in [-0.4, -0.2) is 19.5 Å². The molecule has 0 radical (unpaired) electrons. The highest BCUT2D eigenvalue weighted by Crippen LogP contribution is 2.06. The van der Waals surface area contributed by atoms with Crippen LogP contribution in [0, 0.1) is 5.92 Å². The minimum absolute atomic E-state index is 0.134. The molecular weight excluding hydrogens is 140 g/mol. The number of carbonyl (C=O) groups is 1. The molecule has 0 aromatic rings. The van der Waals surface area contributed by atoms with Gasteiger partial charge in [-0.1, -0.05) is 13.5 Å². The normalized spacial score (nSPS) is 12.6. The van der Waals surface area contributed by atoms with Gasteiger partial charge < -0.3 is 4.74 Å². The van der Waals surface area contributed by atoms with Gasteiger partial charge >= 0.3 is 0 Å². The quantitative estimate of drug-likeness (QED) is 0.567. The number of Topliss-reactive ketones (excluding diaryl/α,β-unsaturated/α-hetero) is 1. The molecule has 0 spiro atoms. The first-order chi connectivity index (χ1) is 5.07. The molecule has 0 saturated heterocycles. The van der Waals surface area contributed by atoms with Gasteiger partial charge in [-0.3, -0.25) is 4.79 Å². The molecule has 2 nitrogen and oxygen atoms in total. The molecule has 0 amide bonds. The van der Waals surface area contributed by atoms with Crippen LogP contribution in [0.1, 0.15) is 20.3 Å². The highest BCUT2D eigenvalue weighted by Gasteiger charge is 2.08. The van der Waals surface area contributed by atoms with E-state index in [0.717, 1.165) is 0 Å². The number of methoxy groups -OCH3 is 1. The Balaban J connectivity index is 3.66. The monoisotopic (exact) mass is 156 g/mol. The highest BCUT2D eigenvalue weighted by molar-refractivity contribution is 5.94. The molecule has 0 aromatic carbocycles. The van der Waals surface area contributed by atoms with Crippen molar-refractivity contribution in [1.82, 2.24) is 0 Å². The summed E-state index contributed by atoms with van der Waals surface area (Å²) in [6, 6.07) is 0. The number of ketones is 1. The molecular formula is C9H16O2. The van der Waals surface area contributed by atoms with Crippen LogP contribution in [0.5, 0.6) is 0 Å². The van der Waals surface area contributed by atoms with E-state index in [-0.39, 0.29) is 5.78 Å². The largest absolute Gasteiger partial charge is 0.384 e. The number of rotatable bonds is 5. The SMILES string of the molecule is C=C(C)C(=O)CC(C)COC. The van der Waals surface area contributed by atoms with Gasteiger partial charge in [-0.25, -0.2) is 0 Å². The van der Waals surface area contributed by atoms with Gasteiger partial charge in [0.15, 0.2) is 5.78 Å². The zero-order valence-corrected chi connectivity index (χ0v) is 7.52. The van der Waals surface area contributed by atoms with E-state index in [2.05, 4.69) is 6.58 Å². The van der Waals surface area contributed by atoms with E-state index in [1.807, 2.05) is 6.92 Å². The molecule has 0 aliphatic heterocycles. The minimum Gasteiger partial charge on any atom is -0.384 e. The van der Waals surface area contributed by atoms with Gasteiger partial charge in [0.2, 0.25) is 0 Å². The second-order valence-electron chi connectivity index (χ2n) is 2.97. The summed E-state index contributed by atoms with van der Waals surface area (Å²) in [6.07, 6.45) is 0.545. The van der Waals surface area contributed by atoms with Crippen LogP contribution >= 0.6 is 0 Å². The van der Waals surface area contributed by atoms with Crippen LogP contribution < -0.4 is 0 Å². The molecule has 0 bridgehead atoms. The molecule has 2 heteroatoms. The molecule has 0 N–H and O–H groups in total. The predicted molar refractivity (Wildman–Crippen MR) is 45.5 cm³/mol. The standard InChI is InChI=1S/C9H16O2/c1-7(2)9(10)5-8(3)6-11-4/h8H,1,5-6H2,2-4H3. The number of allylic oxidation sites excluding steroid dienone is 1. The van der Waals surface area contributed by atoms with E-state index >= 15 is 0 Å². The van der Waals surface area contributed by atoms with Crippen LogP contribution in [0.2, 0.25) is 0 Å². The number of hydrogen-bond acceptors (Lipinski definition) is 2. The fraction of sp³-hybridized carbons (Fsp3) is 0.667. The summed E-state index contributed by atoms with van der Waals surface area (Å²) in [4.78, 5) is 11.1. The molecule has 0 aromatic heterocycles. The Kier molecular flexibility index (Phi) is 4.79. The number of ether oxygens (including phenoxy) is 1. The Morgan fingerprint density at radius 2 is 2.18 bits per heavy atom. The lowest BCUT2D eigenvalue weighted by molar-refractivity contribution is -0.116. The molecule has 1 unspecified atom stereocenters. The van der Waals surface area contributed by atoms with Crippen molar-refractivity contribution in [3.05, 3.63) is 12.2 Å². The van der Waals surface area contributed by atoms with Gasteiger partial charge in [0.25, 0.3) is 0 Å². The average Bonchev–Trinajstić information content (AvgIpc) is 1.87. The van der Waals surface area contributed by atoms with E-state index in [1.165, 1.54) is 0 Å². The summed E-state index contributed by atoms with van der Waals surface area (Å²) in [5.74, 6) is 0.429. The average molecular weight is 156 g/mol. The topological polar surface area (TPSA) is 26.3 Å². The Hall–Kier alpha value is -0.630. The van der Waals surface area contributed by atoms with Crippen molar-refractivity contribution in [2.45, 2.75) is 20.3 Å². The smallest absolute Gasteiger partial charge is 0.158 e. The van der Waals surface area contributed by atoms with Crippen molar-refractivity contribution in [1.29, 1.82) is 0 Å². The van der Waals surface area contributed by atoms with E-state index in [0.29, 0.717) is 24.5 Å². The maximum atomic E-state index is 11.1. The van der Waals surface area contributed by atoms with Crippen LogP contribution in [-0.2, 0) is 9.53 Å². The third kappa shape index (κ3) is 4.73. The molecule has 0 aliphatic carbocycles. The van der Waals surface area contributed by atoms with Crippen molar-refractivity contribution >= 4 is 5.78 Å². The molecule has 64 valence electrons. The van der Waals surface area contributed by atoms with Gasteiger partial charge in [0.05, 0.1) is 0 Å². The summed E-state index contributed by atoms with van der Waals surface area (Å²) in [7, 11) is 1.64. The second kappa shape index (κ2) is 5.08. The molecule has 0 fully saturated rings. The summed E-state index contributed by atoms with van der Waals surface area (Å²) in [5, 5.41) is 0. The summed E-state index contributed by atoms with van der Waals surface area (Å²) >= 11 is 0. The molecule has 0 heterocycles. The van der Waals surface area contributed by atoms with E-state index in [9.17, 15) is 4.79 Å². The van der Waals surface area contributed by atoms with Gasteiger partial charge in [0, 0.05) is 20.1 Å². The summed E-state index contributed by atoms with van der Waals surface area (Å²) in [6.45, 7) is 7.94. The maximum absolute atomic E-state index is 11.1. The zero-order chi connectivity index (χ0) is 8.85. The van der Waals surface area contributed by atoms with E-state index < -0.39 is 0 Å². The van der Waals surface area contributed by atoms with Crippen molar-refractivity contribution < 1.29 is 9.53 Å². The van der Waals surface area contributed by atoms with E-state index in [4.69, 9.17) is 4.74 Å². The molecule has 0 rings (SSSR count). The summed E-state index contributed by atoms with van der Waals surface area (Å²) in [5.41, 5.74) is 0.632.